The lowest BCUT2D eigenvalue weighted by Gasteiger charge is -2.11. The molecular weight excluding hydrogens is 238 g/mol. The number of aryl methyl sites for hydroxylation is 2. The van der Waals surface area contributed by atoms with Crippen molar-refractivity contribution in [3.63, 3.8) is 0 Å². The molecule has 0 amide bonds. The minimum Gasteiger partial charge on any atom is -0.489 e. The molecule has 0 fully saturated rings. The van der Waals surface area contributed by atoms with Gasteiger partial charge in [-0.2, -0.15) is 5.10 Å². The van der Waals surface area contributed by atoms with Gasteiger partial charge in [0, 0.05) is 24.8 Å². The predicted molar refractivity (Wildman–Crippen MR) is 74.1 cm³/mol. The summed E-state index contributed by atoms with van der Waals surface area (Å²) in [6.07, 6.45) is 6.12. The molecule has 0 saturated carbocycles. The summed E-state index contributed by atoms with van der Waals surface area (Å²) in [4.78, 5) is 0. The van der Waals surface area contributed by atoms with Crippen LogP contribution in [0.4, 0.5) is 0 Å². The second kappa shape index (κ2) is 5.05. The van der Waals surface area contributed by atoms with E-state index in [-0.39, 0.29) is 0 Å². The zero-order valence-corrected chi connectivity index (χ0v) is 11.4. The minimum absolute atomic E-state index is 0.502. The standard InChI is InChI=1S/C15H19N3O/c1-16-15-6-3-12-7-13(4-5-14(12)15)19-10-11-8-17-18(2)9-11/h4-5,7-9,15-16H,3,6,10H2,1-2H3. The van der Waals surface area contributed by atoms with E-state index >= 15 is 0 Å². The first-order chi connectivity index (χ1) is 9.26. The lowest BCUT2D eigenvalue weighted by molar-refractivity contribution is 0.306. The number of hydrogen-bond acceptors (Lipinski definition) is 3. The molecule has 1 aromatic heterocycles. The molecule has 1 atom stereocenters. The third-order valence-electron chi connectivity index (χ3n) is 3.70. The Kier molecular flexibility index (Phi) is 3.25. The molecule has 4 heteroatoms. The van der Waals surface area contributed by atoms with Gasteiger partial charge in [-0.1, -0.05) is 6.07 Å². The van der Waals surface area contributed by atoms with Gasteiger partial charge >= 0.3 is 0 Å². The molecule has 4 nitrogen and oxygen atoms in total. The third kappa shape index (κ3) is 2.49. The first-order valence-electron chi connectivity index (χ1n) is 6.66. The molecule has 3 rings (SSSR count). The van der Waals surface area contributed by atoms with Gasteiger partial charge in [0.25, 0.3) is 0 Å². The van der Waals surface area contributed by atoms with Gasteiger partial charge in [0.2, 0.25) is 0 Å². The quantitative estimate of drug-likeness (QED) is 0.912. The van der Waals surface area contributed by atoms with Gasteiger partial charge in [-0.05, 0) is 43.1 Å². The highest BCUT2D eigenvalue weighted by Crippen LogP contribution is 2.33. The van der Waals surface area contributed by atoms with Gasteiger partial charge in [0.05, 0.1) is 6.20 Å². The molecule has 1 aromatic carbocycles. The Morgan fingerprint density at radius 1 is 1.47 bits per heavy atom. The number of nitrogens with zero attached hydrogens (tertiary/aromatic N) is 2. The molecule has 0 bridgehead atoms. The zero-order chi connectivity index (χ0) is 13.2. The Morgan fingerprint density at radius 3 is 3.11 bits per heavy atom. The summed E-state index contributed by atoms with van der Waals surface area (Å²) in [6.45, 7) is 0.572. The van der Waals surface area contributed by atoms with Crippen LogP contribution in [0.1, 0.15) is 29.2 Å². The summed E-state index contributed by atoms with van der Waals surface area (Å²) in [5.74, 6) is 0.944. The van der Waals surface area contributed by atoms with Crippen molar-refractivity contribution in [1.82, 2.24) is 15.1 Å². The van der Waals surface area contributed by atoms with E-state index in [0.29, 0.717) is 12.6 Å². The Labute approximate surface area is 113 Å². The fourth-order valence-corrected chi connectivity index (χ4v) is 2.70. The number of rotatable bonds is 4. The van der Waals surface area contributed by atoms with Gasteiger partial charge < -0.3 is 10.1 Å². The second-order valence-electron chi connectivity index (χ2n) is 5.05. The Balaban J connectivity index is 1.69. The SMILES string of the molecule is CNC1CCc2cc(OCc3cnn(C)c3)ccc21. The maximum Gasteiger partial charge on any atom is 0.120 e. The van der Waals surface area contributed by atoms with E-state index < -0.39 is 0 Å². The van der Waals surface area contributed by atoms with Gasteiger partial charge in [0.15, 0.2) is 0 Å². The van der Waals surface area contributed by atoms with Crippen LogP contribution in [0.3, 0.4) is 0 Å². The molecule has 0 aliphatic heterocycles. The molecule has 1 heterocycles. The van der Waals surface area contributed by atoms with Crippen LogP contribution in [0.25, 0.3) is 0 Å². The van der Waals surface area contributed by atoms with E-state index in [1.807, 2.05) is 26.5 Å². The van der Waals surface area contributed by atoms with Crippen LogP contribution >= 0.6 is 0 Å². The highest BCUT2D eigenvalue weighted by atomic mass is 16.5. The summed E-state index contributed by atoms with van der Waals surface area (Å²) >= 11 is 0. The monoisotopic (exact) mass is 257 g/mol. The number of fused-ring (bicyclic) bond motifs is 1. The molecule has 1 aliphatic rings. The summed E-state index contributed by atoms with van der Waals surface area (Å²) in [7, 11) is 3.93. The molecule has 1 N–H and O–H groups in total. The number of benzene rings is 1. The predicted octanol–water partition coefficient (Wildman–Crippen LogP) is 2.21. The number of hydrogen-bond donors (Lipinski definition) is 1. The van der Waals surface area contributed by atoms with Crippen LogP contribution in [0.5, 0.6) is 5.75 Å². The van der Waals surface area contributed by atoms with Crippen molar-refractivity contribution in [2.75, 3.05) is 7.05 Å². The van der Waals surface area contributed by atoms with E-state index in [4.69, 9.17) is 4.74 Å². The normalized spacial score (nSPS) is 17.5. The zero-order valence-electron chi connectivity index (χ0n) is 11.4. The van der Waals surface area contributed by atoms with Gasteiger partial charge in [-0.3, -0.25) is 4.68 Å². The third-order valence-corrected chi connectivity index (χ3v) is 3.70. The van der Waals surface area contributed by atoms with E-state index in [2.05, 4.69) is 28.6 Å². The average molecular weight is 257 g/mol. The number of ether oxygens (including phenoxy) is 1. The molecular formula is C15H19N3O. The van der Waals surface area contributed by atoms with Gasteiger partial charge in [-0.15, -0.1) is 0 Å². The second-order valence-corrected chi connectivity index (χ2v) is 5.05. The van der Waals surface area contributed by atoms with Crippen molar-refractivity contribution in [3.8, 4) is 5.75 Å². The Hall–Kier alpha value is -1.81. The molecule has 0 radical (unpaired) electrons. The van der Waals surface area contributed by atoms with Crippen molar-refractivity contribution in [2.24, 2.45) is 7.05 Å². The van der Waals surface area contributed by atoms with Crippen molar-refractivity contribution in [3.05, 3.63) is 47.3 Å². The average Bonchev–Trinajstić information content (AvgIpc) is 3.01. The number of aromatic nitrogens is 2. The van der Waals surface area contributed by atoms with Gasteiger partial charge in [-0.25, -0.2) is 0 Å². The van der Waals surface area contributed by atoms with Crippen molar-refractivity contribution in [2.45, 2.75) is 25.5 Å². The summed E-state index contributed by atoms with van der Waals surface area (Å²) < 4.78 is 7.62. The maximum absolute atomic E-state index is 5.83. The lowest BCUT2D eigenvalue weighted by Crippen LogP contribution is -2.12. The fraction of sp³-hybridized carbons (Fsp3) is 0.400. The van der Waals surface area contributed by atoms with Crippen LogP contribution in [0, 0.1) is 0 Å². The largest absolute Gasteiger partial charge is 0.489 e. The molecule has 0 saturated heterocycles. The highest BCUT2D eigenvalue weighted by Gasteiger charge is 2.20. The fourth-order valence-electron chi connectivity index (χ4n) is 2.70. The van der Waals surface area contributed by atoms with Crippen molar-refractivity contribution >= 4 is 0 Å². The van der Waals surface area contributed by atoms with Crippen LogP contribution in [-0.2, 0) is 20.1 Å². The van der Waals surface area contributed by atoms with Crippen LogP contribution in [-0.4, -0.2) is 16.8 Å². The molecule has 100 valence electrons. The first kappa shape index (κ1) is 12.2. The smallest absolute Gasteiger partial charge is 0.120 e. The highest BCUT2D eigenvalue weighted by molar-refractivity contribution is 5.40. The molecule has 19 heavy (non-hydrogen) atoms. The summed E-state index contributed by atoms with van der Waals surface area (Å²) in [6, 6.07) is 6.91. The van der Waals surface area contributed by atoms with Crippen molar-refractivity contribution < 1.29 is 4.74 Å². The lowest BCUT2D eigenvalue weighted by atomic mass is 10.1. The molecule has 1 aliphatic carbocycles. The molecule has 2 aromatic rings. The maximum atomic E-state index is 5.83. The minimum atomic E-state index is 0.502. The van der Waals surface area contributed by atoms with E-state index in [1.54, 1.807) is 4.68 Å². The first-order valence-corrected chi connectivity index (χ1v) is 6.66. The number of nitrogens with one attached hydrogen (secondary N) is 1. The topological polar surface area (TPSA) is 39.1 Å². The van der Waals surface area contributed by atoms with Gasteiger partial charge in [0.1, 0.15) is 12.4 Å². The van der Waals surface area contributed by atoms with E-state index in [9.17, 15) is 0 Å². The Morgan fingerprint density at radius 2 is 2.37 bits per heavy atom. The molecule has 0 spiro atoms. The Bertz CT molecular complexity index is 577. The van der Waals surface area contributed by atoms with E-state index in [1.165, 1.54) is 17.5 Å². The van der Waals surface area contributed by atoms with E-state index in [0.717, 1.165) is 17.7 Å². The molecule has 1 unspecified atom stereocenters. The van der Waals surface area contributed by atoms with Crippen LogP contribution < -0.4 is 10.1 Å². The van der Waals surface area contributed by atoms with Crippen LogP contribution in [0.15, 0.2) is 30.6 Å². The summed E-state index contributed by atoms with van der Waals surface area (Å²) in [5, 5.41) is 7.48. The summed E-state index contributed by atoms with van der Waals surface area (Å²) in [5.41, 5.74) is 3.91. The van der Waals surface area contributed by atoms with Crippen LogP contribution in [0.2, 0.25) is 0 Å². The van der Waals surface area contributed by atoms with Crippen molar-refractivity contribution in [1.29, 1.82) is 0 Å².